The molecule has 3 rings (SSSR count). The monoisotopic (exact) mass is 349 g/mol. The first-order valence-electron chi connectivity index (χ1n) is 8.75. The van der Waals surface area contributed by atoms with Gasteiger partial charge in [-0.2, -0.15) is 0 Å². The molecule has 2 atom stereocenters. The molecule has 0 saturated carbocycles. The van der Waals surface area contributed by atoms with Gasteiger partial charge in [-0.15, -0.1) is 0 Å². The highest BCUT2D eigenvalue weighted by Crippen LogP contribution is 2.20. The van der Waals surface area contributed by atoms with Crippen LogP contribution >= 0.6 is 0 Å². The fraction of sp³-hybridized carbons (Fsp3) is 0.706. The first-order chi connectivity index (χ1) is 11.7. The molecule has 8 heteroatoms. The second kappa shape index (κ2) is 6.42. The predicted molar refractivity (Wildman–Crippen MR) is 95.9 cm³/mol. The Morgan fingerprint density at radius 1 is 1.12 bits per heavy atom. The zero-order chi connectivity index (χ0) is 18.5. The highest BCUT2D eigenvalue weighted by atomic mass is 16.5. The molecule has 1 fully saturated rings. The van der Waals surface area contributed by atoms with E-state index >= 15 is 0 Å². The van der Waals surface area contributed by atoms with E-state index in [1.165, 1.54) is 11.6 Å². The first kappa shape index (κ1) is 17.9. The zero-order valence-corrected chi connectivity index (χ0v) is 15.8. The molecule has 0 spiro atoms. The number of fused-ring (bicyclic) bond motifs is 1. The van der Waals surface area contributed by atoms with Crippen LogP contribution in [0.5, 0.6) is 0 Å². The molecule has 1 aliphatic rings. The van der Waals surface area contributed by atoms with Crippen LogP contribution in [0, 0.1) is 0 Å². The van der Waals surface area contributed by atoms with Gasteiger partial charge in [0.05, 0.1) is 18.8 Å². The number of ether oxygens (including phenoxy) is 1. The van der Waals surface area contributed by atoms with Crippen LogP contribution in [0.25, 0.3) is 11.2 Å². The van der Waals surface area contributed by atoms with Gasteiger partial charge in [-0.1, -0.05) is 0 Å². The summed E-state index contributed by atoms with van der Waals surface area (Å²) >= 11 is 0. The van der Waals surface area contributed by atoms with Gasteiger partial charge in [0.1, 0.15) is 5.82 Å². The van der Waals surface area contributed by atoms with Crippen molar-refractivity contribution in [3.8, 4) is 0 Å². The minimum Gasteiger partial charge on any atom is -0.373 e. The molecule has 0 amide bonds. The van der Waals surface area contributed by atoms with Crippen LogP contribution in [-0.2, 0) is 25.4 Å². The predicted octanol–water partition coefficient (Wildman–Crippen LogP) is 0.624. The molecule has 1 saturated heterocycles. The van der Waals surface area contributed by atoms with E-state index < -0.39 is 0 Å². The number of imidazole rings is 1. The van der Waals surface area contributed by atoms with Crippen LogP contribution in [0.1, 0.15) is 39.6 Å². The van der Waals surface area contributed by atoms with E-state index in [0.29, 0.717) is 17.7 Å². The Balaban J connectivity index is 2.14. The summed E-state index contributed by atoms with van der Waals surface area (Å²) in [5.41, 5.74) is 0.287. The third-order valence-corrected chi connectivity index (χ3v) is 4.74. The van der Waals surface area contributed by atoms with Gasteiger partial charge in [0, 0.05) is 33.2 Å². The Morgan fingerprint density at radius 2 is 1.72 bits per heavy atom. The number of aryl methyl sites for hydroxylation is 1. The summed E-state index contributed by atoms with van der Waals surface area (Å²) in [5.74, 6) is 0.810. The molecule has 25 heavy (non-hydrogen) atoms. The van der Waals surface area contributed by atoms with E-state index in [1.54, 1.807) is 7.05 Å². The van der Waals surface area contributed by atoms with E-state index in [4.69, 9.17) is 4.74 Å². The smallest absolute Gasteiger partial charge is 0.332 e. The topological polar surface area (TPSA) is 74.3 Å². The van der Waals surface area contributed by atoms with E-state index in [0.717, 1.165) is 23.5 Å². The SMILES string of the molecule is CC1CN(Cc2nc3c(c(=O)n(C)c(=O)n3C)n2C(C)C)CC(C)O1. The average molecular weight is 349 g/mol. The second-order valence-corrected chi connectivity index (χ2v) is 7.32. The molecule has 2 unspecified atom stereocenters. The molecule has 0 bridgehead atoms. The maximum atomic E-state index is 12.7. The van der Waals surface area contributed by atoms with Gasteiger partial charge in [0.2, 0.25) is 0 Å². The quantitative estimate of drug-likeness (QED) is 0.812. The summed E-state index contributed by atoms with van der Waals surface area (Å²) in [5, 5.41) is 0. The highest BCUT2D eigenvalue weighted by molar-refractivity contribution is 5.71. The second-order valence-electron chi connectivity index (χ2n) is 7.32. The van der Waals surface area contributed by atoms with Crippen molar-refractivity contribution in [2.75, 3.05) is 13.1 Å². The minimum absolute atomic E-state index is 0.0705. The molecule has 3 heterocycles. The van der Waals surface area contributed by atoms with Gasteiger partial charge in [0.15, 0.2) is 11.2 Å². The van der Waals surface area contributed by atoms with Gasteiger partial charge >= 0.3 is 5.69 Å². The van der Waals surface area contributed by atoms with Crippen molar-refractivity contribution < 1.29 is 4.74 Å². The largest absolute Gasteiger partial charge is 0.373 e. The van der Waals surface area contributed by atoms with E-state index in [2.05, 4.69) is 23.7 Å². The van der Waals surface area contributed by atoms with Gasteiger partial charge in [-0.3, -0.25) is 18.8 Å². The molecule has 0 aromatic carbocycles. The molecule has 2 aromatic heterocycles. The molecule has 0 aliphatic carbocycles. The molecular weight excluding hydrogens is 322 g/mol. The summed E-state index contributed by atoms with van der Waals surface area (Å²) in [7, 11) is 3.16. The fourth-order valence-corrected chi connectivity index (χ4v) is 3.74. The van der Waals surface area contributed by atoms with Gasteiger partial charge < -0.3 is 9.30 Å². The molecule has 8 nitrogen and oxygen atoms in total. The summed E-state index contributed by atoms with van der Waals surface area (Å²) in [6, 6.07) is 0.0705. The Kier molecular flexibility index (Phi) is 4.59. The fourth-order valence-electron chi connectivity index (χ4n) is 3.74. The van der Waals surface area contributed by atoms with Crippen molar-refractivity contribution in [3.63, 3.8) is 0 Å². The standard InChI is InChI=1S/C17H27N5O3/c1-10(2)22-13(9-21-7-11(3)25-12(4)8-21)18-15-14(22)16(23)20(6)17(24)19(15)5/h10-12H,7-9H2,1-6H3. The lowest BCUT2D eigenvalue weighted by atomic mass is 10.2. The number of hydrogen-bond donors (Lipinski definition) is 0. The van der Waals surface area contributed by atoms with Crippen molar-refractivity contribution in [2.24, 2.45) is 14.1 Å². The third kappa shape index (κ3) is 3.04. The summed E-state index contributed by atoms with van der Waals surface area (Å²) in [6.07, 6.45) is 0.329. The van der Waals surface area contributed by atoms with E-state index in [-0.39, 0.29) is 29.5 Å². The lowest BCUT2D eigenvalue weighted by Gasteiger charge is -2.35. The maximum Gasteiger partial charge on any atom is 0.332 e. The van der Waals surface area contributed by atoms with Crippen LogP contribution in [0.15, 0.2) is 9.59 Å². The maximum absolute atomic E-state index is 12.7. The lowest BCUT2D eigenvalue weighted by Crippen LogP contribution is -2.45. The van der Waals surface area contributed by atoms with Crippen LogP contribution < -0.4 is 11.2 Å². The highest BCUT2D eigenvalue weighted by Gasteiger charge is 2.26. The molecular formula is C17H27N5O3. The zero-order valence-electron chi connectivity index (χ0n) is 15.8. The van der Waals surface area contributed by atoms with Crippen molar-refractivity contribution >= 4 is 11.2 Å². The van der Waals surface area contributed by atoms with Crippen molar-refractivity contribution in [3.05, 3.63) is 26.7 Å². The Hall–Kier alpha value is -1.93. The third-order valence-electron chi connectivity index (χ3n) is 4.74. The molecule has 0 N–H and O–H groups in total. The van der Waals surface area contributed by atoms with E-state index in [9.17, 15) is 9.59 Å². The Morgan fingerprint density at radius 3 is 2.28 bits per heavy atom. The normalized spacial score (nSPS) is 22.2. The number of hydrogen-bond acceptors (Lipinski definition) is 5. The van der Waals surface area contributed by atoms with E-state index in [1.807, 2.05) is 18.4 Å². The van der Waals surface area contributed by atoms with Gasteiger partial charge in [-0.05, 0) is 27.7 Å². The summed E-state index contributed by atoms with van der Waals surface area (Å²) < 4.78 is 10.3. The summed E-state index contributed by atoms with van der Waals surface area (Å²) in [6.45, 7) is 10.5. The number of aromatic nitrogens is 4. The number of morpholine rings is 1. The van der Waals surface area contributed by atoms with Gasteiger partial charge in [-0.25, -0.2) is 9.78 Å². The summed E-state index contributed by atoms with van der Waals surface area (Å²) in [4.78, 5) is 31.9. The van der Waals surface area contributed by atoms with Crippen molar-refractivity contribution in [2.45, 2.75) is 52.5 Å². The molecule has 0 radical (unpaired) electrons. The average Bonchev–Trinajstić information content (AvgIpc) is 2.89. The van der Waals surface area contributed by atoms with Crippen LogP contribution in [0.3, 0.4) is 0 Å². The first-order valence-corrected chi connectivity index (χ1v) is 8.75. The Bertz CT molecular complexity index is 898. The van der Waals surface area contributed by atoms with Crippen LogP contribution in [-0.4, -0.2) is 48.9 Å². The Labute approximate surface area is 146 Å². The number of nitrogens with zero attached hydrogens (tertiary/aromatic N) is 5. The van der Waals surface area contributed by atoms with Crippen LogP contribution in [0.4, 0.5) is 0 Å². The number of rotatable bonds is 3. The van der Waals surface area contributed by atoms with Crippen molar-refractivity contribution in [1.82, 2.24) is 23.6 Å². The minimum atomic E-state index is -0.355. The van der Waals surface area contributed by atoms with Gasteiger partial charge in [0.25, 0.3) is 5.56 Å². The molecule has 2 aromatic rings. The van der Waals surface area contributed by atoms with Crippen molar-refractivity contribution in [1.29, 1.82) is 0 Å². The molecule has 138 valence electrons. The lowest BCUT2D eigenvalue weighted by molar-refractivity contribution is -0.0713. The van der Waals surface area contributed by atoms with Crippen LogP contribution in [0.2, 0.25) is 0 Å². The molecule has 1 aliphatic heterocycles.